The van der Waals surface area contributed by atoms with Crippen LogP contribution in [0.4, 0.5) is 20.2 Å². The van der Waals surface area contributed by atoms with E-state index >= 15 is 0 Å². The molecule has 0 aromatic heterocycles. The van der Waals surface area contributed by atoms with E-state index in [9.17, 15) is 13.6 Å². The molecule has 92 valence electrons. The van der Waals surface area contributed by atoms with E-state index in [2.05, 4.69) is 5.32 Å². The molecule has 0 aliphatic rings. The van der Waals surface area contributed by atoms with Gasteiger partial charge in [-0.1, -0.05) is 12.1 Å². The number of halogens is 2. The lowest BCUT2D eigenvalue weighted by Crippen LogP contribution is -2.00. The van der Waals surface area contributed by atoms with Crippen molar-refractivity contribution in [3.8, 4) is 0 Å². The molecule has 0 spiro atoms. The average molecular weight is 249 g/mol. The van der Waals surface area contributed by atoms with Gasteiger partial charge in [0.2, 0.25) is 0 Å². The largest absolute Gasteiger partial charge is 0.478 e. The van der Waals surface area contributed by atoms with Crippen molar-refractivity contribution in [1.29, 1.82) is 0 Å². The SMILES string of the molecule is O=C(O)c1ccc(Nc2ccccc2F)c(F)c1. The Morgan fingerprint density at radius 3 is 2.28 bits per heavy atom. The molecule has 0 fully saturated rings. The van der Waals surface area contributed by atoms with Gasteiger partial charge in [-0.15, -0.1) is 0 Å². The van der Waals surface area contributed by atoms with Crippen LogP contribution in [0.1, 0.15) is 10.4 Å². The average Bonchev–Trinajstić information content (AvgIpc) is 2.34. The minimum atomic E-state index is -1.22. The molecule has 0 saturated heterocycles. The number of benzene rings is 2. The first kappa shape index (κ1) is 12.0. The second kappa shape index (κ2) is 4.83. The van der Waals surface area contributed by atoms with Gasteiger partial charge in [-0.2, -0.15) is 0 Å². The predicted molar refractivity (Wildman–Crippen MR) is 63.0 cm³/mol. The Kier molecular flexibility index (Phi) is 3.23. The Bertz CT molecular complexity index is 599. The van der Waals surface area contributed by atoms with Crippen molar-refractivity contribution in [3.63, 3.8) is 0 Å². The quantitative estimate of drug-likeness (QED) is 0.876. The van der Waals surface area contributed by atoms with E-state index in [0.29, 0.717) is 0 Å². The Labute approximate surface area is 102 Å². The highest BCUT2D eigenvalue weighted by molar-refractivity contribution is 5.88. The van der Waals surface area contributed by atoms with Crippen LogP contribution in [0.2, 0.25) is 0 Å². The number of hydrogen-bond acceptors (Lipinski definition) is 2. The Hall–Kier alpha value is -2.43. The molecule has 0 heterocycles. The zero-order chi connectivity index (χ0) is 13.1. The Morgan fingerprint density at radius 2 is 1.67 bits per heavy atom. The molecule has 0 bridgehead atoms. The summed E-state index contributed by atoms with van der Waals surface area (Å²) < 4.78 is 26.9. The minimum absolute atomic E-state index is 0.0186. The van der Waals surface area contributed by atoms with Crippen LogP contribution in [-0.4, -0.2) is 11.1 Å². The summed E-state index contributed by atoms with van der Waals surface area (Å²) in [6, 6.07) is 9.20. The molecule has 0 radical (unpaired) electrons. The third-order valence-electron chi connectivity index (χ3n) is 2.36. The van der Waals surface area contributed by atoms with E-state index in [1.54, 1.807) is 6.07 Å². The van der Waals surface area contributed by atoms with Crippen LogP contribution in [0.5, 0.6) is 0 Å². The predicted octanol–water partition coefficient (Wildman–Crippen LogP) is 3.41. The fourth-order valence-electron chi connectivity index (χ4n) is 1.46. The summed E-state index contributed by atoms with van der Waals surface area (Å²) in [4.78, 5) is 10.6. The van der Waals surface area contributed by atoms with Gasteiger partial charge in [0, 0.05) is 0 Å². The first-order chi connectivity index (χ1) is 8.58. The van der Waals surface area contributed by atoms with Crippen molar-refractivity contribution in [1.82, 2.24) is 0 Å². The number of carboxylic acid groups (broad SMARTS) is 1. The monoisotopic (exact) mass is 249 g/mol. The van der Waals surface area contributed by atoms with Gasteiger partial charge in [-0.3, -0.25) is 0 Å². The normalized spacial score (nSPS) is 10.1. The summed E-state index contributed by atoms with van der Waals surface area (Å²) in [5.41, 5.74) is -0.0174. The first-order valence-corrected chi connectivity index (χ1v) is 5.12. The first-order valence-electron chi connectivity index (χ1n) is 5.12. The number of rotatable bonds is 3. The Morgan fingerprint density at radius 1 is 1.00 bits per heavy atom. The molecule has 2 rings (SSSR count). The number of aromatic carboxylic acids is 1. The summed E-state index contributed by atoms with van der Waals surface area (Å²) in [5, 5.41) is 11.3. The second-order valence-electron chi connectivity index (χ2n) is 3.60. The van der Waals surface area contributed by atoms with Gasteiger partial charge in [0.15, 0.2) is 0 Å². The smallest absolute Gasteiger partial charge is 0.335 e. The lowest BCUT2D eigenvalue weighted by Gasteiger charge is -2.08. The summed E-state index contributed by atoms with van der Waals surface area (Å²) in [5.74, 6) is -2.48. The van der Waals surface area contributed by atoms with E-state index in [-0.39, 0.29) is 16.9 Å². The van der Waals surface area contributed by atoms with Crippen molar-refractivity contribution in [2.45, 2.75) is 0 Å². The highest BCUT2D eigenvalue weighted by Crippen LogP contribution is 2.22. The highest BCUT2D eigenvalue weighted by Gasteiger charge is 2.09. The standard InChI is InChI=1S/C13H9F2NO2/c14-9-3-1-2-4-11(9)16-12-6-5-8(13(17)18)7-10(12)15/h1-7,16H,(H,17,18). The van der Waals surface area contributed by atoms with Crippen LogP contribution in [0.25, 0.3) is 0 Å². The lowest BCUT2D eigenvalue weighted by atomic mass is 10.2. The lowest BCUT2D eigenvalue weighted by molar-refractivity contribution is 0.0696. The maximum Gasteiger partial charge on any atom is 0.335 e. The van der Waals surface area contributed by atoms with Crippen molar-refractivity contribution >= 4 is 17.3 Å². The molecular formula is C13H9F2NO2. The minimum Gasteiger partial charge on any atom is -0.478 e. The van der Waals surface area contributed by atoms with Crippen LogP contribution in [0, 0.1) is 11.6 Å². The molecule has 2 N–H and O–H groups in total. The van der Waals surface area contributed by atoms with Gasteiger partial charge < -0.3 is 10.4 Å². The topological polar surface area (TPSA) is 49.3 Å². The molecule has 0 aliphatic carbocycles. The molecule has 0 saturated carbocycles. The molecule has 2 aromatic rings. The van der Waals surface area contributed by atoms with Crippen LogP contribution < -0.4 is 5.32 Å². The van der Waals surface area contributed by atoms with Gasteiger partial charge in [-0.05, 0) is 30.3 Å². The van der Waals surface area contributed by atoms with E-state index in [0.717, 1.165) is 6.07 Å². The number of anilines is 2. The fraction of sp³-hybridized carbons (Fsp3) is 0. The van der Waals surface area contributed by atoms with E-state index in [4.69, 9.17) is 5.11 Å². The molecule has 0 unspecified atom stereocenters. The van der Waals surface area contributed by atoms with Crippen LogP contribution >= 0.6 is 0 Å². The zero-order valence-corrected chi connectivity index (χ0v) is 9.15. The highest BCUT2D eigenvalue weighted by atomic mass is 19.1. The summed E-state index contributed by atoms with van der Waals surface area (Å²) >= 11 is 0. The molecule has 5 heteroatoms. The summed E-state index contributed by atoms with van der Waals surface area (Å²) in [7, 11) is 0. The maximum atomic E-state index is 13.6. The van der Waals surface area contributed by atoms with Crippen LogP contribution in [-0.2, 0) is 0 Å². The number of para-hydroxylation sites is 1. The zero-order valence-electron chi connectivity index (χ0n) is 9.15. The van der Waals surface area contributed by atoms with Gasteiger partial charge >= 0.3 is 5.97 Å². The number of carbonyl (C=O) groups is 1. The van der Waals surface area contributed by atoms with E-state index in [1.165, 1.54) is 30.3 Å². The molecule has 0 aliphatic heterocycles. The molecule has 3 nitrogen and oxygen atoms in total. The molecule has 2 aromatic carbocycles. The maximum absolute atomic E-state index is 13.6. The van der Waals surface area contributed by atoms with Crippen molar-refractivity contribution in [2.24, 2.45) is 0 Å². The fourth-order valence-corrected chi connectivity index (χ4v) is 1.46. The van der Waals surface area contributed by atoms with Crippen molar-refractivity contribution in [3.05, 3.63) is 59.7 Å². The van der Waals surface area contributed by atoms with Gasteiger partial charge in [0.1, 0.15) is 11.6 Å². The third-order valence-corrected chi connectivity index (χ3v) is 2.36. The van der Waals surface area contributed by atoms with E-state index in [1.807, 2.05) is 0 Å². The number of hydrogen-bond donors (Lipinski definition) is 2. The summed E-state index contributed by atoms with van der Waals surface area (Å²) in [6.45, 7) is 0. The number of carboxylic acids is 1. The number of nitrogens with one attached hydrogen (secondary N) is 1. The molecule has 0 amide bonds. The van der Waals surface area contributed by atoms with Crippen LogP contribution in [0.15, 0.2) is 42.5 Å². The molecular weight excluding hydrogens is 240 g/mol. The van der Waals surface area contributed by atoms with Crippen molar-refractivity contribution in [2.75, 3.05) is 5.32 Å². The van der Waals surface area contributed by atoms with Gasteiger partial charge in [-0.25, -0.2) is 13.6 Å². The van der Waals surface area contributed by atoms with Gasteiger partial charge in [0.05, 0.1) is 16.9 Å². The van der Waals surface area contributed by atoms with Crippen LogP contribution in [0.3, 0.4) is 0 Å². The van der Waals surface area contributed by atoms with Crippen molar-refractivity contribution < 1.29 is 18.7 Å². The molecule has 0 atom stereocenters. The van der Waals surface area contributed by atoms with E-state index < -0.39 is 17.6 Å². The third kappa shape index (κ3) is 2.45. The second-order valence-corrected chi connectivity index (χ2v) is 3.60. The Balaban J connectivity index is 2.30. The summed E-state index contributed by atoms with van der Waals surface area (Å²) in [6.07, 6.45) is 0. The molecule has 18 heavy (non-hydrogen) atoms. The van der Waals surface area contributed by atoms with Gasteiger partial charge in [0.25, 0.3) is 0 Å².